The number of hydrogen-bond donors (Lipinski definition) is 3. The molecule has 0 spiro atoms. The molecule has 10 nitrogen and oxygen atoms in total. The van der Waals surface area contributed by atoms with Gasteiger partial charge in [-0.3, -0.25) is 13.9 Å². The summed E-state index contributed by atoms with van der Waals surface area (Å²) in [4.78, 5) is 44.0. The molecule has 2 rings (SSSR count). The number of nitrogens with two attached hydrogens (primary N) is 1. The Labute approximate surface area is 122 Å². The van der Waals surface area contributed by atoms with Crippen LogP contribution in [0.5, 0.6) is 0 Å². The molecule has 21 heavy (non-hydrogen) atoms. The van der Waals surface area contributed by atoms with Crippen molar-refractivity contribution in [3.8, 4) is 0 Å². The van der Waals surface area contributed by atoms with Crippen molar-refractivity contribution >= 4 is 31.0 Å². The van der Waals surface area contributed by atoms with Gasteiger partial charge in [-0.25, -0.2) is 9.36 Å². The third kappa shape index (κ3) is 3.88. The number of phosphoric ester groups is 1. The van der Waals surface area contributed by atoms with E-state index in [0.717, 1.165) is 4.57 Å². The molecule has 1 aromatic rings. The zero-order chi connectivity index (χ0) is 15.8. The normalized spacial score (nSPS) is 22.7. The van der Waals surface area contributed by atoms with Gasteiger partial charge in [0.2, 0.25) is 0 Å². The van der Waals surface area contributed by atoms with E-state index in [4.69, 9.17) is 31.9 Å². The van der Waals surface area contributed by atoms with E-state index in [2.05, 4.69) is 9.51 Å². The Hall–Kier alpha value is -1.29. The molecule has 2 heterocycles. The molecule has 2 atom stereocenters. The number of ketones is 1. The summed E-state index contributed by atoms with van der Waals surface area (Å²) < 4.78 is 21.0. The molecule has 1 aliphatic heterocycles. The number of nitrogen functional groups attached to an aromatic ring is 1. The van der Waals surface area contributed by atoms with Gasteiger partial charge in [-0.1, -0.05) is 11.6 Å². The average molecular weight is 340 g/mol. The number of anilines is 1. The molecule has 0 aliphatic carbocycles. The molecule has 0 unspecified atom stereocenters. The van der Waals surface area contributed by atoms with Gasteiger partial charge in [0.05, 0.1) is 18.1 Å². The zero-order valence-electron chi connectivity index (χ0n) is 10.4. The summed E-state index contributed by atoms with van der Waals surface area (Å²) in [7, 11) is -4.71. The number of rotatable bonds is 4. The quantitative estimate of drug-likeness (QED) is 0.612. The third-order valence-electron chi connectivity index (χ3n) is 2.69. The van der Waals surface area contributed by atoms with Gasteiger partial charge in [0.25, 0.3) is 0 Å². The van der Waals surface area contributed by atoms with Crippen LogP contribution in [0.15, 0.2) is 11.0 Å². The van der Waals surface area contributed by atoms with Crippen LogP contribution in [-0.2, 0) is 18.6 Å². The molecule has 4 N–H and O–H groups in total. The molecule has 116 valence electrons. The van der Waals surface area contributed by atoms with E-state index in [1.807, 2.05) is 0 Å². The topological polar surface area (TPSA) is 154 Å². The fourth-order valence-electron chi connectivity index (χ4n) is 1.74. The molecule has 1 saturated heterocycles. The zero-order valence-corrected chi connectivity index (χ0v) is 12.0. The first-order valence-corrected chi connectivity index (χ1v) is 7.50. The highest BCUT2D eigenvalue weighted by molar-refractivity contribution is 7.46. The number of ether oxygens (including phenoxy) is 1. The van der Waals surface area contributed by atoms with Gasteiger partial charge < -0.3 is 20.3 Å². The summed E-state index contributed by atoms with van der Waals surface area (Å²) in [6, 6.07) is 0. The number of phosphoric acid groups is 1. The first kappa shape index (κ1) is 16.1. The van der Waals surface area contributed by atoms with Crippen LogP contribution in [0, 0.1) is 0 Å². The van der Waals surface area contributed by atoms with Gasteiger partial charge in [0, 0.05) is 6.20 Å². The van der Waals surface area contributed by atoms with E-state index >= 15 is 0 Å². The highest BCUT2D eigenvalue weighted by Gasteiger charge is 2.36. The van der Waals surface area contributed by atoms with Crippen molar-refractivity contribution in [2.45, 2.75) is 18.8 Å². The van der Waals surface area contributed by atoms with E-state index in [9.17, 15) is 14.2 Å². The van der Waals surface area contributed by atoms with Crippen molar-refractivity contribution in [3.05, 3.63) is 21.7 Å². The van der Waals surface area contributed by atoms with Gasteiger partial charge in [0.1, 0.15) is 18.1 Å². The molecule has 0 bridgehead atoms. The molecule has 1 fully saturated rings. The first-order valence-electron chi connectivity index (χ1n) is 5.60. The van der Waals surface area contributed by atoms with Crippen LogP contribution in [0.1, 0.15) is 12.6 Å². The molecular weight excluding hydrogens is 329 g/mol. The Morgan fingerprint density at radius 2 is 2.24 bits per heavy atom. The van der Waals surface area contributed by atoms with Crippen LogP contribution in [0.2, 0.25) is 5.02 Å². The van der Waals surface area contributed by atoms with E-state index in [1.54, 1.807) is 0 Å². The average Bonchev–Trinajstić information content (AvgIpc) is 2.72. The van der Waals surface area contributed by atoms with Gasteiger partial charge in [0.15, 0.2) is 5.78 Å². The Balaban J connectivity index is 2.14. The van der Waals surface area contributed by atoms with Crippen LogP contribution in [-0.4, -0.2) is 37.8 Å². The van der Waals surface area contributed by atoms with E-state index in [0.29, 0.717) is 0 Å². The lowest BCUT2D eigenvalue weighted by atomic mass is 10.2. The second kappa shape index (κ2) is 5.84. The van der Waals surface area contributed by atoms with E-state index in [-0.39, 0.29) is 17.3 Å². The fourth-order valence-corrected chi connectivity index (χ4v) is 2.22. The summed E-state index contributed by atoms with van der Waals surface area (Å²) >= 11 is 5.74. The van der Waals surface area contributed by atoms with Gasteiger partial charge in [-0.2, -0.15) is 4.98 Å². The summed E-state index contributed by atoms with van der Waals surface area (Å²) in [6.07, 6.45) is -1.18. The smallest absolute Gasteiger partial charge is 0.382 e. The summed E-state index contributed by atoms with van der Waals surface area (Å²) in [5, 5.41) is 0.0144. The maximum atomic E-state index is 11.7. The number of halogens is 1. The van der Waals surface area contributed by atoms with E-state index < -0.39 is 38.2 Å². The second-order valence-corrected chi connectivity index (χ2v) is 5.85. The van der Waals surface area contributed by atoms with Crippen molar-refractivity contribution in [3.63, 3.8) is 0 Å². The van der Waals surface area contributed by atoms with Crippen LogP contribution in [0.3, 0.4) is 0 Å². The number of Topliss-reactive ketones (excluding diaryl/α,β-unsaturated/α-hetero) is 1. The highest BCUT2D eigenvalue weighted by Crippen LogP contribution is 2.37. The first-order chi connectivity index (χ1) is 9.67. The number of nitrogens with zero attached hydrogens (tertiary/aromatic N) is 2. The Kier molecular flexibility index (Phi) is 4.47. The Morgan fingerprint density at radius 3 is 2.86 bits per heavy atom. The van der Waals surface area contributed by atoms with Crippen molar-refractivity contribution < 1.29 is 28.4 Å². The number of aromatic nitrogens is 2. The fraction of sp³-hybridized carbons (Fsp3) is 0.444. The Bertz CT molecular complexity index is 672. The van der Waals surface area contributed by atoms with Gasteiger partial charge in [-0.05, 0) is 0 Å². The predicted molar refractivity (Wildman–Crippen MR) is 69.4 cm³/mol. The van der Waals surface area contributed by atoms with Crippen LogP contribution in [0.4, 0.5) is 5.82 Å². The summed E-state index contributed by atoms with van der Waals surface area (Å²) in [5.41, 5.74) is 4.61. The van der Waals surface area contributed by atoms with E-state index in [1.165, 1.54) is 6.20 Å². The molecular formula is C9H11ClN3O7P. The molecule has 1 aromatic heterocycles. The standard InChI is InChI=1S/C9H11ClN3O7P/c10-4-2-13(9(15)12-8(4)11)7-1-5(14)6(20-7)3-19-21(16,17)18/h2,6-7H,1,3H2,(H2,11,12,15)(H2,16,17,18)/t6-,7-/m1/s1. The summed E-state index contributed by atoms with van der Waals surface area (Å²) in [6.45, 7) is -0.621. The predicted octanol–water partition coefficient (Wildman–Crippen LogP) is -0.555. The lowest BCUT2D eigenvalue weighted by Crippen LogP contribution is -2.28. The maximum Gasteiger partial charge on any atom is 0.469 e. The largest absolute Gasteiger partial charge is 0.469 e. The molecule has 0 saturated carbocycles. The van der Waals surface area contributed by atoms with Crippen LogP contribution in [0.25, 0.3) is 0 Å². The van der Waals surface area contributed by atoms with Crippen molar-refractivity contribution in [2.24, 2.45) is 0 Å². The minimum absolute atomic E-state index is 0.0144. The lowest BCUT2D eigenvalue weighted by Gasteiger charge is -2.15. The van der Waals surface area contributed by atoms with Crippen molar-refractivity contribution in [2.75, 3.05) is 12.3 Å². The van der Waals surface area contributed by atoms with Gasteiger partial charge in [-0.15, -0.1) is 0 Å². The third-order valence-corrected chi connectivity index (χ3v) is 3.47. The monoisotopic (exact) mass is 339 g/mol. The summed E-state index contributed by atoms with van der Waals surface area (Å²) in [5.74, 6) is -0.614. The second-order valence-electron chi connectivity index (χ2n) is 4.20. The minimum Gasteiger partial charge on any atom is -0.382 e. The number of carbonyl (C=O) groups excluding carboxylic acids is 1. The lowest BCUT2D eigenvalue weighted by molar-refractivity contribution is -0.124. The highest BCUT2D eigenvalue weighted by atomic mass is 35.5. The maximum absolute atomic E-state index is 11.7. The molecule has 0 aromatic carbocycles. The van der Waals surface area contributed by atoms with Crippen LogP contribution >= 0.6 is 19.4 Å². The SMILES string of the molecule is Nc1nc(=O)n([C@H]2CC(=O)[C@@H](COP(=O)(O)O)O2)cc1Cl. The van der Waals surface area contributed by atoms with Crippen molar-refractivity contribution in [1.82, 2.24) is 9.55 Å². The minimum atomic E-state index is -4.71. The molecule has 1 aliphatic rings. The molecule has 0 amide bonds. The van der Waals surface area contributed by atoms with Crippen molar-refractivity contribution in [1.29, 1.82) is 0 Å². The Morgan fingerprint density at radius 1 is 1.57 bits per heavy atom. The molecule has 0 radical (unpaired) electrons. The van der Waals surface area contributed by atoms with Crippen LogP contribution < -0.4 is 11.4 Å². The van der Waals surface area contributed by atoms with Gasteiger partial charge >= 0.3 is 13.5 Å². The number of carbonyl (C=O) groups is 1. The number of hydrogen-bond acceptors (Lipinski definition) is 7. The molecule has 12 heteroatoms.